The molecule has 1 saturated heterocycles. The number of carbonyl (C=O) groups is 2. The average Bonchev–Trinajstić information content (AvgIpc) is 3.04. The average molecular weight is 437 g/mol. The zero-order valence-electron chi connectivity index (χ0n) is 19.0. The first kappa shape index (κ1) is 22.0. The molecule has 0 bridgehead atoms. The Balaban J connectivity index is 1.78. The normalized spacial score (nSPS) is 18.0. The largest absolute Gasteiger partial charge is 0.378 e. The number of imide groups is 1. The molecule has 1 fully saturated rings. The Morgan fingerprint density at radius 2 is 1.59 bits per heavy atom. The number of halogens is 1. The van der Waals surface area contributed by atoms with E-state index < -0.39 is 0 Å². The van der Waals surface area contributed by atoms with Gasteiger partial charge in [0.25, 0.3) is 11.8 Å². The molecule has 6 nitrogen and oxygen atoms in total. The highest BCUT2D eigenvalue weighted by Crippen LogP contribution is 2.37. The van der Waals surface area contributed by atoms with Crippen molar-refractivity contribution in [1.82, 2.24) is 9.80 Å². The zero-order chi connectivity index (χ0) is 23.0. The third-order valence-corrected chi connectivity index (χ3v) is 6.39. The van der Waals surface area contributed by atoms with Crippen LogP contribution in [0, 0.1) is 5.82 Å². The summed E-state index contributed by atoms with van der Waals surface area (Å²) in [6.45, 7) is 1.87. The number of carbonyl (C=O) groups excluding carboxylic acids is 2. The Bertz CT molecular complexity index is 1060. The molecular weight excluding hydrogens is 407 g/mol. The summed E-state index contributed by atoms with van der Waals surface area (Å²) < 4.78 is 13.6. The fraction of sp³-hybridized carbons (Fsp3) is 0.360. The molecule has 2 heterocycles. The van der Waals surface area contributed by atoms with Crippen molar-refractivity contribution in [2.24, 2.45) is 0 Å². The Hall–Kier alpha value is -3.19. The van der Waals surface area contributed by atoms with Gasteiger partial charge in [-0.1, -0.05) is 18.2 Å². The Kier molecular flexibility index (Phi) is 6.02. The molecule has 2 aromatic carbocycles. The van der Waals surface area contributed by atoms with Gasteiger partial charge in [-0.3, -0.25) is 9.59 Å². The Morgan fingerprint density at radius 1 is 0.938 bits per heavy atom. The summed E-state index contributed by atoms with van der Waals surface area (Å²) in [5, 5.41) is 0. The van der Waals surface area contributed by atoms with E-state index in [4.69, 9.17) is 0 Å². The van der Waals surface area contributed by atoms with Crippen molar-refractivity contribution in [1.29, 1.82) is 0 Å². The van der Waals surface area contributed by atoms with Crippen LogP contribution in [-0.4, -0.2) is 68.9 Å². The molecule has 2 aliphatic rings. The minimum Gasteiger partial charge on any atom is -0.378 e. The highest BCUT2D eigenvalue weighted by molar-refractivity contribution is 6.45. The van der Waals surface area contributed by atoms with Crippen LogP contribution in [0.1, 0.15) is 18.4 Å². The highest BCUT2D eigenvalue weighted by atomic mass is 19.1. The highest BCUT2D eigenvalue weighted by Gasteiger charge is 2.43. The maximum atomic E-state index is 13.7. The van der Waals surface area contributed by atoms with Crippen molar-refractivity contribution >= 4 is 28.8 Å². The van der Waals surface area contributed by atoms with Crippen LogP contribution in [-0.2, 0) is 9.59 Å². The van der Waals surface area contributed by atoms with Gasteiger partial charge in [0.1, 0.15) is 11.5 Å². The van der Waals surface area contributed by atoms with Crippen LogP contribution in [0.25, 0.3) is 5.57 Å². The van der Waals surface area contributed by atoms with Gasteiger partial charge in [0.2, 0.25) is 0 Å². The summed E-state index contributed by atoms with van der Waals surface area (Å²) in [6, 6.07) is 13.3. The van der Waals surface area contributed by atoms with E-state index in [0.29, 0.717) is 22.5 Å². The molecule has 168 valence electrons. The molecule has 7 heteroatoms. The SMILES string of the molecule is CN1CCC(N(C)C2=C(c3ccc(F)cc3)C(=O)N(c3cccc(N(C)C)c3)C2=O)CC1. The third kappa shape index (κ3) is 4.00. The second-order valence-electron chi connectivity index (χ2n) is 8.74. The number of rotatable bonds is 5. The van der Waals surface area contributed by atoms with Gasteiger partial charge < -0.3 is 14.7 Å². The lowest BCUT2D eigenvalue weighted by atomic mass is 10.00. The van der Waals surface area contributed by atoms with Crippen LogP contribution in [0.2, 0.25) is 0 Å². The third-order valence-electron chi connectivity index (χ3n) is 6.39. The number of hydrogen-bond acceptors (Lipinski definition) is 5. The van der Waals surface area contributed by atoms with Crippen molar-refractivity contribution < 1.29 is 14.0 Å². The quantitative estimate of drug-likeness (QED) is 0.674. The van der Waals surface area contributed by atoms with Crippen molar-refractivity contribution in [3.8, 4) is 0 Å². The van der Waals surface area contributed by atoms with Crippen LogP contribution in [0.5, 0.6) is 0 Å². The minimum atomic E-state index is -0.383. The minimum absolute atomic E-state index is 0.154. The summed E-state index contributed by atoms with van der Waals surface area (Å²) in [5.74, 6) is -1.11. The molecule has 0 radical (unpaired) electrons. The number of benzene rings is 2. The first-order valence-corrected chi connectivity index (χ1v) is 10.9. The molecule has 32 heavy (non-hydrogen) atoms. The van der Waals surface area contributed by atoms with Crippen LogP contribution >= 0.6 is 0 Å². The smallest absolute Gasteiger partial charge is 0.282 e. The van der Waals surface area contributed by atoms with E-state index in [1.54, 1.807) is 18.2 Å². The number of nitrogens with zero attached hydrogens (tertiary/aromatic N) is 4. The number of hydrogen-bond donors (Lipinski definition) is 0. The van der Waals surface area contributed by atoms with Gasteiger partial charge in [-0.15, -0.1) is 0 Å². The number of likely N-dealkylation sites (tertiary alicyclic amines) is 1. The summed E-state index contributed by atoms with van der Waals surface area (Å²) in [6.07, 6.45) is 1.82. The second kappa shape index (κ2) is 8.74. The first-order chi connectivity index (χ1) is 15.3. The molecule has 0 atom stereocenters. The van der Waals surface area contributed by atoms with E-state index >= 15 is 0 Å². The van der Waals surface area contributed by atoms with Crippen LogP contribution in [0.15, 0.2) is 54.2 Å². The van der Waals surface area contributed by atoms with Crippen molar-refractivity contribution in [3.05, 3.63) is 65.6 Å². The summed E-state index contributed by atoms with van der Waals surface area (Å²) >= 11 is 0. The molecule has 2 aliphatic heterocycles. The lowest BCUT2D eigenvalue weighted by molar-refractivity contribution is -0.120. The van der Waals surface area contributed by atoms with Gasteiger partial charge >= 0.3 is 0 Å². The van der Waals surface area contributed by atoms with E-state index in [0.717, 1.165) is 31.6 Å². The van der Waals surface area contributed by atoms with Gasteiger partial charge in [0.05, 0.1) is 11.3 Å². The molecule has 2 amide bonds. The van der Waals surface area contributed by atoms with Crippen molar-refractivity contribution in [3.63, 3.8) is 0 Å². The first-order valence-electron chi connectivity index (χ1n) is 10.9. The molecule has 0 saturated carbocycles. The van der Waals surface area contributed by atoms with Crippen LogP contribution in [0.4, 0.5) is 15.8 Å². The monoisotopic (exact) mass is 436 g/mol. The molecule has 0 spiro atoms. The fourth-order valence-corrected chi connectivity index (χ4v) is 4.43. The maximum absolute atomic E-state index is 13.7. The Labute approximate surface area is 188 Å². The van der Waals surface area contributed by atoms with Gasteiger partial charge in [-0.05, 0) is 68.9 Å². The summed E-state index contributed by atoms with van der Waals surface area (Å²) in [7, 11) is 7.80. The zero-order valence-corrected chi connectivity index (χ0v) is 19.0. The van der Waals surface area contributed by atoms with Gasteiger partial charge in [-0.25, -0.2) is 9.29 Å². The molecular formula is C25H29FN4O2. The van der Waals surface area contributed by atoms with E-state index in [1.807, 2.05) is 49.1 Å². The molecule has 2 aromatic rings. The van der Waals surface area contributed by atoms with Gasteiger partial charge in [0.15, 0.2) is 0 Å². The van der Waals surface area contributed by atoms with Gasteiger partial charge in [0, 0.05) is 32.9 Å². The number of amides is 2. The van der Waals surface area contributed by atoms with E-state index in [9.17, 15) is 14.0 Å². The number of likely N-dealkylation sites (N-methyl/N-ethyl adjacent to an activating group) is 1. The van der Waals surface area contributed by atoms with E-state index in [1.165, 1.54) is 17.0 Å². The predicted molar refractivity (Wildman–Crippen MR) is 125 cm³/mol. The van der Waals surface area contributed by atoms with E-state index in [-0.39, 0.29) is 23.7 Å². The van der Waals surface area contributed by atoms with Gasteiger partial charge in [-0.2, -0.15) is 0 Å². The number of piperidine rings is 1. The second-order valence-corrected chi connectivity index (χ2v) is 8.74. The standard InChI is InChI=1S/C25H29FN4O2/c1-27(2)20-6-5-7-21(16-20)30-24(31)22(17-8-10-18(26)11-9-17)23(25(30)32)29(4)19-12-14-28(3)15-13-19/h5-11,16,19H,12-15H2,1-4H3. The molecule has 0 N–H and O–H groups in total. The summed E-state index contributed by atoms with van der Waals surface area (Å²) in [5.41, 5.74) is 2.67. The Morgan fingerprint density at radius 3 is 2.22 bits per heavy atom. The molecule has 0 unspecified atom stereocenters. The lowest BCUT2D eigenvalue weighted by Crippen LogP contribution is -2.43. The van der Waals surface area contributed by atoms with Crippen molar-refractivity contribution in [2.45, 2.75) is 18.9 Å². The van der Waals surface area contributed by atoms with E-state index in [2.05, 4.69) is 11.9 Å². The lowest BCUT2D eigenvalue weighted by Gasteiger charge is -2.36. The maximum Gasteiger partial charge on any atom is 0.282 e. The van der Waals surface area contributed by atoms with Crippen LogP contribution in [0.3, 0.4) is 0 Å². The molecule has 4 rings (SSSR count). The fourth-order valence-electron chi connectivity index (χ4n) is 4.43. The summed E-state index contributed by atoms with van der Waals surface area (Å²) in [4.78, 5) is 34.7. The predicted octanol–water partition coefficient (Wildman–Crippen LogP) is 3.20. The van der Waals surface area contributed by atoms with Crippen LogP contribution < -0.4 is 9.80 Å². The molecule has 0 aromatic heterocycles. The number of anilines is 2. The molecule has 0 aliphatic carbocycles. The topological polar surface area (TPSA) is 47.1 Å². The van der Waals surface area contributed by atoms with Crippen molar-refractivity contribution in [2.75, 3.05) is 51.1 Å².